The highest BCUT2D eigenvalue weighted by Gasteiger charge is 2.13. The smallest absolute Gasteiger partial charge is 0.264 e. The molecule has 1 aromatic carbocycles. The lowest BCUT2D eigenvalue weighted by Crippen LogP contribution is -2.02. The molecule has 0 aliphatic carbocycles. The monoisotopic (exact) mass is 276 g/mol. The van der Waals surface area contributed by atoms with E-state index in [1.807, 2.05) is 45.0 Å². The van der Waals surface area contributed by atoms with Gasteiger partial charge in [0.05, 0.1) is 6.10 Å². The maximum absolute atomic E-state index is 9.95. The van der Waals surface area contributed by atoms with Crippen LogP contribution in [0, 0.1) is 0 Å². The summed E-state index contributed by atoms with van der Waals surface area (Å²) in [6, 6.07) is 7.43. The topological polar surface area (TPSA) is 68.4 Å². The van der Waals surface area contributed by atoms with E-state index in [4.69, 9.17) is 9.26 Å². The summed E-state index contributed by atoms with van der Waals surface area (Å²) in [6.45, 7) is 6.13. The van der Waals surface area contributed by atoms with Gasteiger partial charge in [-0.1, -0.05) is 44.1 Å². The van der Waals surface area contributed by atoms with Crippen molar-refractivity contribution in [1.82, 2.24) is 10.1 Å². The summed E-state index contributed by atoms with van der Waals surface area (Å²) < 4.78 is 10.8. The van der Waals surface area contributed by atoms with Crippen molar-refractivity contribution < 1.29 is 14.4 Å². The molecule has 1 aromatic heterocycles. The van der Waals surface area contributed by atoms with Gasteiger partial charge in [-0.05, 0) is 12.5 Å². The molecule has 1 N–H and O–H groups in total. The van der Waals surface area contributed by atoms with Crippen molar-refractivity contribution in [2.24, 2.45) is 0 Å². The zero-order valence-corrected chi connectivity index (χ0v) is 12.0. The van der Waals surface area contributed by atoms with E-state index in [0.29, 0.717) is 23.9 Å². The highest BCUT2D eigenvalue weighted by Crippen LogP contribution is 2.27. The van der Waals surface area contributed by atoms with E-state index in [9.17, 15) is 5.11 Å². The second-order valence-electron chi connectivity index (χ2n) is 4.95. The van der Waals surface area contributed by atoms with Crippen molar-refractivity contribution in [3.05, 3.63) is 41.5 Å². The molecule has 5 nitrogen and oxygen atoms in total. The summed E-state index contributed by atoms with van der Waals surface area (Å²) in [5.74, 6) is 1.98. The highest BCUT2D eigenvalue weighted by atomic mass is 16.5. The number of hydrogen-bond donors (Lipinski definition) is 1. The minimum Gasteiger partial charge on any atom is -0.483 e. The van der Waals surface area contributed by atoms with Gasteiger partial charge in [0.25, 0.3) is 5.89 Å². The van der Waals surface area contributed by atoms with Crippen LogP contribution in [0.25, 0.3) is 0 Å². The first-order chi connectivity index (χ1) is 9.61. The van der Waals surface area contributed by atoms with Gasteiger partial charge in [-0.2, -0.15) is 4.98 Å². The molecule has 2 rings (SSSR count). The number of nitrogens with zero attached hydrogens (tertiary/aromatic N) is 2. The summed E-state index contributed by atoms with van der Waals surface area (Å²) >= 11 is 0. The summed E-state index contributed by atoms with van der Waals surface area (Å²) in [4.78, 5) is 4.25. The van der Waals surface area contributed by atoms with Crippen molar-refractivity contribution in [3.8, 4) is 5.75 Å². The van der Waals surface area contributed by atoms with Crippen molar-refractivity contribution in [3.63, 3.8) is 0 Å². The third kappa shape index (κ3) is 3.36. The van der Waals surface area contributed by atoms with Crippen LogP contribution in [0.3, 0.4) is 0 Å². The molecule has 108 valence electrons. The van der Waals surface area contributed by atoms with Gasteiger partial charge in [-0.25, -0.2) is 0 Å². The Hall–Kier alpha value is -1.88. The average molecular weight is 276 g/mol. The first-order valence-corrected chi connectivity index (χ1v) is 6.84. The van der Waals surface area contributed by atoms with Crippen molar-refractivity contribution >= 4 is 0 Å². The van der Waals surface area contributed by atoms with E-state index >= 15 is 0 Å². The summed E-state index contributed by atoms with van der Waals surface area (Å²) in [6.07, 6.45) is 0.110. The number of rotatable bonds is 6. The molecule has 0 bridgehead atoms. The lowest BCUT2D eigenvalue weighted by atomic mass is 10.1. The lowest BCUT2D eigenvalue weighted by molar-refractivity contribution is 0.163. The Balaban J connectivity index is 2.06. The molecule has 0 spiro atoms. The molecule has 1 heterocycles. The van der Waals surface area contributed by atoms with E-state index in [-0.39, 0.29) is 12.5 Å². The number of ether oxygens (including phenoxy) is 1. The molecule has 0 amide bonds. The second kappa shape index (κ2) is 6.52. The predicted molar refractivity (Wildman–Crippen MR) is 74.4 cm³/mol. The molecular formula is C15H20N2O3. The molecular weight excluding hydrogens is 256 g/mol. The standard InChI is InChI=1S/C15H20N2O3/c1-4-12(18)11-7-5-6-8-13(11)19-9-14-16-15(10(2)3)17-20-14/h5-8,10,12,18H,4,9H2,1-3H3/t12-/m0/s1. The number of para-hydroxylation sites is 1. The van der Waals surface area contributed by atoms with Gasteiger partial charge >= 0.3 is 0 Å². The highest BCUT2D eigenvalue weighted by molar-refractivity contribution is 5.35. The van der Waals surface area contributed by atoms with Gasteiger partial charge in [-0.3, -0.25) is 0 Å². The maximum Gasteiger partial charge on any atom is 0.264 e. The third-order valence-corrected chi connectivity index (χ3v) is 3.02. The molecule has 20 heavy (non-hydrogen) atoms. The van der Waals surface area contributed by atoms with Crippen LogP contribution < -0.4 is 4.74 Å². The van der Waals surface area contributed by atoms with Crippen LogP contribution in [0.2, 0.25) is 0 Å². The van der Waals surface area contributed by atoms with Crippen LogP contribution in [-0.4, -0.2) is 15.2 Å². The molecule has 1 atom stereocenters. The molecule has 0 saturated heterocycles. The van der Waals surface area contributed by atoms with E-state index in [0.717, 1.165) is 5.56 Å². The van der Waals surface area contributed by atoms with Crippen LogP contribution in [0.15, 0.2) is 28.8 Å². The zero-order valence-electron chi connectivity index (χ0n) is 12.0. The first kappa shape index (κ1) is 14.5. The van der Waals surface area contributed by atoms with Crippen LogP contribution in [0.4, 0.5) is 0 Å². The molecule has 0 aliphatic rings. The van der Waals surface area contributed by atoms with E-state index in [2.05, 4.69) is 10.1 Å². The number of hydrogen-bond acceptors (Lipinski definition) is 5. The molecule has 2 aromatic rings. The molecule has 0 saturated carbocycles. The van der Waals surface area contributed by atoms with Crippen LogP contribution >= 0.6 is 0 Å². The third-order valence-electron chi connectivity index (χ3n) is 3.02. The number of aliphatic hydroxyl groups excluding tert-OH is 1. The SMILES string of the molecule is CC[C@H](O)c1ccccc1OCc1nc(C(C)C)no1. The Morgan fingerprint density at radius 3 is 2.70 bits per heavy atom. The minimum absolute atomic E-state index is 0.202. The largest absolute Gasteiger partial charge is 0.483 e. The predicted octanol–water partition coefficient (Wildman–Crippen LogP) is 3.22. The van der Waals surface area contributed by atoms with Gasteiger partial charge in [0.1, 0.15) is 5.75 Å². The Bertz CT molecular complexity index is 552. The maximum atomic E-state index is 9.95. The van der Waals surface area contributed by atoms with E-state index in [1.165, 1.54) is 0 Å². The lowest BCUT2D eigenvalue weighted by Gasteiger charge is -2.13. The Kier molecular flexibility index (Phi) is 4.74. The fourth-order valence-electron chi connectivity index (χ4n) is 1.81. The van der Waals surface area contributed by atoms with E-state index in [1.54, 1.807) is 0 Å². The van der Waals surface area contributed by atoms with Gasteiger partial charge in [0.15, 0.2) is 12.4 Å². The summed E-state index contributed by atoms with van der Waals surface area (Å²) in [7, 11) is 0. The fourth-order valence-corrected chi connectivity index (χ4v) is 1.81. The first-order valence-electron chi connectivity index (χ1n) is 6.84. The molecule has 0 aliphatic heterocycles. The van der Waals surface area contributed by atoms with Gasteiger partial charge in [0.2, 0.25) is 0 Å². The Morgan fingerprint density at radius 1 is 1.30 bits per heavy atom. The van der Waals surface area contributed by atoms with Crippen LogP contribution in [-0.2, 0) is 6.61 Å². The molecule has 0 fully saturated rings. The molecule has 0 unspecified atom stereocenters. The number of benzene rings is 1. The Labute approximate surface area is 118 Å². The second-order valence-corrected chi connectivity index (χ2v) is 4.95. The molecule has 0 radical (unpaired) electrons. The van der Waals surface area contributed by atoms with Crippen LogP contribution in [0.5, 0.6) is 5.75 Å². The number of aromatic nitrogens is 2. The van der Waals surface area contributed by atoms with Gasteiger partial charge in [-0.15, -0.1) is 0 Å². The average Bonchev–Trinajstić information content (AvgIpc) is 2.93. The quantitative estimate of drug-likeness (QED) is 0.877. The Morgan fingerprint density at radius 2 is 2.05 bits per heavy atom. The van der Waals surface area contributed by atoms with Crippen molar-refractivity contribution in [2.45, 2.75) is 45.8 Å². The molecule has 5 heteroatoms. The zero-order chi connectivity index (χ0) is 14.5. The summed E-state index contributed by atoms with van der Waals surface area (Å²) in [5, 5.41) is 13.8. The minimum atomic E-state index is -0.528. The van der Waals surface area contributed by atoms with Crippen LogP contribution in [0.1, 0.15) is 56.5 Å². The van der Waals surface area contributed by atoms with E-state index < -0.39 is 6.10 Å². The van der Waals surface area contributed by atoms with Crippen molar-refractivity contribution in [2.75, 3.05) is 0 Å². The number of aliphatic hydroxyl groups is 1. The summed E-state index contributed by atoms with van der Waals surface area (Å²) in [5.41, 5.74) is 0.776. The van der Waals surface area contributed by atoms with Gasteiger partial charge in [0, 0.05) is 11.5 Å². The van der Waals surface area contributed by atoms with Crippen molar-refractivity contribution in [1.29, 1.82) is 0 Å². The normalized spacial score (nSPS) is 12.7. The van der Waals surface area contributed by atoms with Gasteiger partial charge < -0.3 is 14.4 Å². The fraction of sp³-hybridized carbons (Fsp3) is 0.467.